The van der Waals surface area contributed by atoms with Gasteiger partial charge >= 0.3 is 0 Å². The smallest absolute Gasteiger partial charge is 0.0900 e. The van der Waals surface area contributed by atoms with Gasteiger partial charge in [-0.25, -0.2) is 4.98 Å². The highest BCUT2D eigenvalue weighted by Crippen LogP contribution is 2.31. The summed E-state index contributed by atoms with van der Waals surface area (Å²) in [5, 5.41) is 5.34. The number of thiazole rings is 1. The van der Waals surface area contributed by atoms with Gasteiger partial charge in [-0.2, -0.15) is 5.10 Å². The number of nitrogens with zero attached hydrogens (tertiary/aromatic N) is 3. The van der Waals surface area contributed by atoms with Crippen LogP contribution in [0, 0.1) is 13.8 Å². The lowest BCUT2D eigenvalue weighted by molar-refractivity contribution is 0.601. The molecule has 2 rings (SSSR count). The van der Waals surface area contributed by atoms with Crippen LogP contribution in [0.1, 0.15) is 34.2 Å². The summed E-state index contributed by atoms with van der Waals surface area (Å²) in [5.41, 5.74) is 8.35. The molecule has 1 unspecified atom stereocenters. The van der Waals surface area contributed by atoms with Crippen molar-refractivity contribution in [1.29, 1.82) is 0 Å². The van der Waals surface area contributed by atoms with E-state index in [0.717, 1.165) is 32.3 Å². The van der Waals surface area contributed by atoms with Crippen LogP contribution in [0.4, 0.5) is 0 Å². The minimum absolute atomic E-state index is 0.168. The zero-order chi connectivity index (χ0) is 12.6. The van der Waals surface area contributed by atoms with Crippen LogP contribution in [-0.4, -0.2) is 14.8 Å². The lowest BCUT2D eigenvalue weighted by Gasteiger charge is -2.13. The maximum Gasteiger partial charge on any atom is 0.0900 e. The van der Waals surface area contributed by atoms with Crippen molar-refractivity contribution in [3.63, 3.8) is 0 Å². The molecule has 2 aromatic heterocycles. The molecule has 0 saturated carbocycles. The molecule has 2 heterocycles. The molecular formula is C11H15BrN4S. The first kappa shape index (κ1) is 12.7. The molecule has 2 aromatic rings. The predicted molar refractivity (Wildman–Crippen MR) is 73.2 cm³/mol. The van der Waals surface area contributed by atoms with E-state index in [9.17, 15) is 0 Å². The second-order valence-electron chi connectivity index (χ2n) is 3.85. The lowest BCUT2D eigenvalue weighted by atomic mass is 10.1. The highest BCUT2D eigenvalue weighted by atomic mass is 79.9. The zero-order valence-corrected chi connectivity index (χ0v) is 12.5. The largest absolute Gasteiger partial charge is 0.318 e. The Kier molecular flexibility index (Phi) is 3.65. The van der Waals surface area contributed by atoms with Crippen molar-refractivity contribution in [2.75, 3.05) is 0 Å². The van der Waals surface area contributed by atoms with Gasteiger partial charge in [0.25, 0.3) is 0 Å². The zero-order valence-electron chi connectivity index (χ0n) is 10.1. The van der Waals surface area contributed by atoms with E-state index >= 15 is 0 Å². The van der Waals surface area contributed by atoms with Crippen LogP contribution < -0.4 is 5.73 Å². The van der Waals surface area contributed by atoms with Gasteiger partial charge in [-0.1, -0.05) is 0 Å². The second-order valence-corrected chi connectivity index (χ2v) is 5.94. The molecule has 0 aliphatic heterocycles. The van der Waals surface area contributed by atoms with E-state index in [1.54, 1.807) is 17.5 Å². The molecule has 4 nitrogen and oxygen atoms in total. The summed E-state index contributed by atoms with van der Waals surface area (Å²) in [6.45, 7) is 6.87. The molecule has 0 spiro atoms. The monoisotopic (exact) mass is 314 g/mol. The van der Waals surface area contributed by atoms with Gasteiger partial charge in [-0.15, -0.1) is 11.3 Å². The van der Waals surface area contributed by atoms with Crippen molar-refractivity contribution in [2.45, 2.75) is 33.4 Å². The predicted octanol–water partition coefficient (Wildman–Crippen LogP) is 2.79. The standard InChI is InChI=1S/C11H15BrN4S/c1-4-16-10(8(12)5-14-16)9(13)11-6(2)15-7(3)17-11/h5,9H,4,13H2,1-3H3. The molecule has 0 aliphatic rings. The quantitative estimate of drug-likeness (QED) is 0.947. The number of hydrogen-bond donors (Lipinski definition) is 1. The number of nitrogens with two attached hydrogens (primary N) is 1. The van der Waals surface area contributed by atoms with E-state index in [2.05, 4.69) is 32.9 Å². The van der Waals surface area contributed by atoms with Crippen LogP contribution in [0.15, 0.2) is 10.7 Å². The Bertz CT molecular complexity index is 532. The average molecular weight is 315 g/mol. The van der Waals surface area contributed by atoms with Gasteiger partial charge in [-0.3, -0.25) is 4.68 Å². The van der Waals surface area contributed by atoms with E-state index < -0.39 is 0 Å². The van der Waals surface area contributed by atoms with Crippen LogP contribution in [-0.2, 0) is 6.54 Å². The Morgan fingerprint density at radius 2 is 2.24 bits per heavy atom. The maximum atomic E-state index is 6.33. The first-order valence-corrected chi connectivity index (χ1v) is 7.06. The molecule has 0 aromatic carbocycles. The molecule has 2 N–H and O–H groups in total. The van der Waals surface area contributed by atoms with Crippen LogP contribution in [0.5, 0.6) is 0 Å². The first-order chi connectivity index (χ1) is 8.04. The lowest BCUT2D eigenvalue weighted by Crippen LogP contribution is -2.17. The fourth-order valence-corrected chi connectivity index (χ4v) is 3.37. The van der Waals surface area contributed by atoms with Crippen molar-refractivity contribution < 1.29 is 0 Å². The third kappa shape index (κ3) is 2.29. The molecule has 17 heavy (non-hydrogen) atoms. The van der Waals surface area contributed by atoms with E-state index in [4.69, 9.17) is 5.73 Å². The number of aryl methyl sites for hydroxylation is 3. The summed E-state index contributed by atoms with van der Waals surface area (Å²) >= 11 is 5.16. The summed E-state index contributed by atoms with van der Waals surface area (Å²) in [4.78, 5) is 5.53. The normalized spacial score (nSPS) is 13.0. The number of halogens is 1. The summed E-state index contributed by atoms with van der Waals surface area (Å²) in [6.07, 6.45) is 1.79. The molecule has 0 saturated heterocycles. The van der Waals surface area contributed by atoms with Gasteiger partial charge in [0.15, 0.2) is 0 Å². The van der Waals surface area contributed by atoms with Crippen molar-refractivity contribution in [2.24, 2.45) is 5.73 Å². The Labute approximate surface area is 113 Å². The molecule has 0 radical (unpaired) electrons. The molecular weight excluding hydrogens is 300 g/mol. The fourth-order valence-electron chi connectivity index (χ4n) is 1.89. The van der Waals surface area contributed by atoms with Crippen LogP contribution in [0.3, 0.4) is 0 Å². The first-order valence-electron chi connectivity index (χ1n) is 5.45. The highest BCUT2D eigenvalue weighted by molar-refractivity contribution is 9.10. The van der Waals surface area contributed by atoms with E-state index in [1.807, 2.05) is 18.5 Å². The second kappa shape index (κ2) is 4.88. The Hall–Kier alpha value is -0.720. The number of hydrogen-bond acceptors (Lipinski definition) is 4. The number of rotatable bonds is 3. The molecule has 6 heteroatoms. The third-order valence-electron chi connectivity index (χ3n) is 2.65. The minimum Gasteiger partial charge on any atom is -0.318 e. The molecule has 0 amide bonds. The summed E-state index contributed by atoms with van der Waals surface area (Å²) in [5.74, 6) is 0. The summed E-state index contributed by atoms with van der Waals surface area (Å²) in [7, 11) is 0. The van der Waals surface area contributed by atoms with Crippen LogP contribution >= 0.6 is 27.3 Å². The van der Waals surface area contributed by atoms with Gasteiger partial charge in [0, 0.05) is 6.54 Å². The van der Waals surface area contributed by atoms with Crippen molar-refractivity contribution in [3.05, 3.63) is 31.9 Å². The third-order valence-corrected chi connectivity index (χ3v) is 4.42. The molecule has 0 aliphatic carbocycles. The van der Waals surface area contributed by atoms with Gasteiger partial charge < -0.3 is 5.73 Å². The number of aromatic nitrogens is 3. The van der Waals surface area contributed by atoms with E-state index in [-0.39, 0.29) is 6.04 Å². The Morgan fingerprint density at radius 1 is 1.53 bits per heavy atom. The van der Waals surface area contributed by atoms with E-state index in [1.165, 1.54) is 0 Å². The van der Waals surface area contributed by atoms with Crippen molar-refractivity contribution >= 4 is 27.3 Å². The minimum atomic E-state index is -0.168. The SMILES string of the molecule is CCn1ncc(Br)c1C(N)c1sc(C)nc1C. The molecule has 1 atom stereocenters. The molecule has 0 bridgehead atoms. The van der Waals surface area contributed by atoms with E-state index in [0.29, 0.717) is 0 Å². The van der Waals surface area contributed by atoms with Gasteiger partial charge in [-0.05, 0) is 36.7 Å². The van der Waals surface area contributed by atoms with Gasteiger partial charge in [0.05, 0.1) is 38.0 Å². The average Bonchev–Trinajstić information content (AvgIpc) is 2.80. The van der Waals surface area contributed by atoms with Gasteiger partial charge in [0.1, 0.15) is 0 Å². The topological polar surface area (TPSA) is 56.7 Å². The Balaban J connectivity index is 2.46. The van der Waals surface area contributed by atoms with Crippen molar-refractivity contribution in [1.82, 2.24) is 14.8 Å². The van der Waals surface area contributed by atoms with Gasteiger partial charge in [0.2, 0.25) is 0 Å². The summed E-state index contributed by atoms with van der Waals surface area (Å²) in [6, 6.07) is -0.168. The molecule has 92 valence electrons. The van der Waals surface area contributed by atoms with Crippen LogP contribution in [0.2, 0.25) is 0 Å². The highest BCUT2D eigenvalue weighted by Gasteiger charge is 2.21. The fraction of sp³-hybridized carbons (Fsp3) is 0.455. The summed E-state index contributed by atoms with van der Waals surface area (Å²) < 4.78 is 2.88. The molecule has 0 fully saturated rings. The Morgan fingerprint density at radius 3 is 2.76 bits per heavy atom. The van der Waals surface area contributed by atoms with Crippen molar-refractivity contribution in [3.8, 4) is 0 Å². The maximum absolute atomic E-state index is 6.33. The van der Waals surface area contributed by atoms with Crippen LogP contribution in [0.25, 0.3) is 0 Å².